The van der Waals surface area contributed by atoms with Crippen molar-refractivity contribution in [3.05, 3.63) is 11.6 Å². The molecule has 0 saturated carbocycles. The SMILES string of the molecule is C=C(Cl)CNC(=S)NC. The van der Waals surface area contributed by atoms with Crippen molar-refractivity contribution < 1.29 is 0 Å². The molecule has 0 aliphatic heterocycles. The van der Waals surface area contributed by atoms with Crippen LogP contribution in [-0.4, -0.2) is 18.7 Å². The second kappa shape index (κ2) is 4.58. The zero-order chi connectivity index (χ0) is 7.28. The minimum Gasteiger partial charge on any atom is -0.366 e. The lowest BCUT2D eigenvalue weighted by Crippen LogP contribution is -2.32. The summed E-state index contributed by atoms with van der Waals surface area (Å²) in [5.41, 5.74) is 0. The van der Waals surface area contributed by atoms with Gasteiger partial charge in [0.25, 0.3) is 0 Å². The van der Waals surface area contributed by atoms with Crippen LogP contribution in [0.4, 0.5) is 0 Å². The van der Waals surface area contributed by atoms with E-state index in [4.69, 9.17) is 23.8 Å². The summed E-state index contributed by atoms with van der Waals surface area (Å²) in [6.07, 6.45) is 0. The van der Waals surface area contributed by atoms with Crippen LogP contribution in [0.3, 0.4) is 0 Å². The third-order valence-electron chi connectivity index (χ3n) is 0.668. The summed E-state index contributed by atoms with van der Waals surface area (Å²) in [5, 5.41) is 6.69. The lowest BCUT2D eigenvalue weighted by molar-refractivity contribution is 0.982. The van der Waals surface area contributed by atoms with Gasteiger partial charge < -0.3 is 10.6 Å². The number of rotatable bonds is 2. The monoisotopic (exact) mass is 164 g/mol. The predicted molar refractivity (Wildman–Crippen MR) is 44.7 cm³/mol. The molecule has 4 heteroatoms. The van der Waals surface area contributed by atoms with Gasteiger partial charge in [-0.1, -0.05) is 18.2 Å². The molecule has 0 atom stereocenters. The van der Waals surface area contributed by atoms with E-state index >= 15 is 0 Å². The topological polar surface area (TPSA) is 24.1 Å². The van der Waals surface area contributed by atoms with Crippen LogP contribution in [0.1, 0.15) is 0 Å². The molecule has 0 aromatic heterocycles. The van der Waals surface area contributed by atoms with Crippen molar-refractivity contribution in [1.82, 2.24) is 10.6 Å². The van der Waals surface area contributed by atoms with Gasteiger partial charge in [0.2, 0.25) is 0 Å². The molecule has 0 aromatic rings. The molecule has 0 bridgehead atoms. The summed E-state index contributed by atoms with van der Waals surface area (Å²) in [7, 11) is 1.74. The number of nitrogens with one attached hydrogen (secondary N) is 2. The fraction of sp³-hybridized carbons (Fsp3) is 0.400. The van der Waals surface area contributed by atoms with Gasteiger partial charge in [0.15, 0.2) is 5.11 Å². The highest BCUT2D eigenvalue weighted by molar-refractivity contribution is 7.80. The summed E-state index contributed by atoms with van der Waals surface area (Å²) < 4.78 is 0. The molecule has 9 heavy (non-hydrogen) atoms. The summed E-state index contributed by atoms with van der Waals surface area (Å²) in [6.45, 7) is 3.99. The van der Waals surface area contributed by atoms with Crippen molar-refractivity contribution in [2.75, 3.05) is 13.6 Å². The van der Waals surface area contributed by atoms with Crippen molar-refractivity contribution >= 4 is 28.9 Å². The fourth-order valence-corrected chi connectivity index (χ4v) is 0.404. The van der Waals surface area contributed by atoms with Crippen LogP contribution < -0.4 is 10.6 Å². The Kier molecular flexibility index (Phi) is 4.44. The first-order valence-electron chi connectivity index (χ1n) is 2.45. The highest BCUT2D eigenvalue weighted by Crippen LogP contribution is 1.91. The predicted octanol–water partition coefficient (Wildman–Crippen LogP) is 0.833. The van der Waals surface area contributed by atoms with Crippen molar-refractivity contribution in [3.63, 3.8) is 0 Å². The third-order valence-corrected chi connectivity index (χ3v) is 1.15. The van der Waals surface area contributed by atoms with Crippen molar-refractivity contribution in [2.24, 2.45) is 0 Å². The van der Waals surface area contributed by atoms with E-state index in [0.29, 0.717) is 16.7 Å². The Balaban J connectivity index is 3.28. The van der Waals surface area contributed by atoms with Crippen LogP contribution in [0.2, 0.25) is 0 Å². The number of halogens is 1. The van der Waals surface area contributed by atoms with E-state index in [9.17, 15) is 0 Å². The molecule has 2 N–H and O–H groups in total. The van der Waals surface area contributed by atoms with Crippen LogP contribution in [0.15, 0.2) is 11.6 Å². The lowest BCUT2D eigenvalue weighted by Gasteiger charge is -2.03. The minimum atomic E-state index is 0.515. The normalized spacial score (nSPS) is 8.22. The Morgan fingerprint density at radius 1 is 1.78 bits per heavy atom. The minimum absolute atomic E-state index is 0.515. The standard InChI is InChI=1S/C5H9ClN2S/c1-4(6)3-8-5(9)7-2/h1,3H2,2H3,(H2,7,8,9). The highest BCUT2D eigenvalue weighted by atomic mass is 35.5. The van der Waals surface area contributed by atoms with Gasteiger partial charge in [-0.15, -0.1) is 0 Å². The largest absolute Gasteiger partial charge is 0.366 e. The van der Waals surface area contributed by atoms with Crippen LogP contribution in [0.5, 0.6) is 0 Å². The van der Waals surface area contributed by atoms with E-state index in [1.54, 1.807) is 7.05 Å². The number of thiocarbonyl (C=S) groups is 1. The molecule has 0 amide bonds. The Bertz CT molecular complexity index is 124. The van der Waals surface area contributed by atoms with E-state index in [1.807, 2.05) is 0 Å². The first-order chi connectivity index (χ1) is 4.16. The summed E-state index contributed by atoms with van der Waals surface area (Å²) in [6, 6.07) is 0. The van der Waals surface area contributed by atoms with Crippen molar-refractivity contribution in [1.29, 1.82) is 0 Å². The van der Waals surface area contributed by atoms with Gasteiger partial charge >= 0.3 is 0 Å². The average Bonchev–Trinajstić information content (AvgIpc) is 1.83. The molecule has 0 spiro atoms. The molecule has 0 aliphatic rings. The highest BCUT2D eigenvalue weighted by Gasteiger charge is 1.89. The summed E-state index contributed by atoms with van der Waals surface area (Å²) >= 11 is 10.2. The molecule has 0 radical (unpaired) electrons. The van der Waals surface area contributed by atoms with Gasteiger partial charge in [-0.25, -0.2) is 0 Å². The molecule has 0 fully saturated rings. The quantitative estimate of drug-likeness (QED) is 0.592. The summed E-state index contributed by atoms with van der Waals surface area (Å²) in [4.78, 5) is 0. The summed E-state index contributed by atoms with van der Waals surface area (Å²) in [5.74, 6) is 0. The number of hydrogen-bond acceptors (Lipinski definition) is 1. The molecule has 0 rings (SSSR count). The Morgan fingerprint density at radius 2 is 2.33 bits per heavy atom. The van der Waals surface area contributed by atoms with Gasteiger partial charge in [0, 0.05) is 12.1 Å². The Hall–Kier alpha value is -0.280. The second-order valence-corrected chi connectivity index (χ2v) is 2.39. The van der Waals surface area contributed by atoms with Crippen LogP contribution >= 0.6 is 23.8 Å². The van der Waals surface area contributed by atoms with E-state index < -0.39 is 0 Å². The first-order valence-corrected chi connectivity index (χ1v) is 3.24. The van der Waals surface area contributed by atoms with Crippen molar-refractivity contribution in [2.45, 2.75) is 0 Å². The maximum Gasteiger partial charge on any atom is 0.166 e. The van der Waals surface area contributed by atoms with Crippen LogP contribution in [0, 0.1) is 0 Å². The maximum atomic E-state index is 5.43. The maximum absolute atomic E-state index is 5.43. The third kappa shape index (κ3) is 5.59. The zero-order valence-corrected chi connectivity index (χ0v) is 6.77. The molecule has 0 saturated heterocycles. The molecular weight excluding hydrogens is 156 g/mol. The van der Waals surface area contributed by atoms with E-state index in [-0.39, 0.29) is 0 Å². The van der Waals surface area contributed by atoms with Crippen LogP contribution in [-0.2, 0) is 0 Å². The molecule has 0 aromatic carbocycles. The van der Waals surface area contributed by atoms with Crippen molar-refractivity contribution in [3.8, 4) is 0 Å². The van der Waals surface area contributed by atoms with E-state index in [1.165, 1.54) is 0 Å². The Morgan fingerprint density at radius 3 is 2.67 bits per heavy atom. The van der Waals surface area contributed by atoms with Gasteiger partial charge in [-0.05, 0) is 12.2 Å². The lowest BCUT2D eigenvalue weighted by atomic mass is 10.6. The van der Waals surface area contributed by atoms with Gasteiger partial charge in [0.05, 0.1) is 6.54 Å². The number of hydrogen-bond donors (Lipinski definition) is 2. The molecule has 0 aliphatic carbocycles. The zero-order valence-electron chi connectivity index (χ0n) is 5.20. The molecule has 2 nitrogen and oxygen atoms in total. The molecule has 52 valence electrons. The second-order valence-electron chi connectivity index (χ2n) is 1.45. The van der Waals surface area contributed by atoms with Gasteiger partial charge in [-0.2, -0.15) is 0 Å². The van der Waals surface area contributed by atoms with E-state index in [2.05, 4.69) is 17.2 Å². The smallest absolute Gasteiger partial charge is 0.166 e. The first kappa shape index (κ1) is 8.72. The average molecular weight is 165 g/mol. The van der Waals surface area contributed by atoms with Gasteiger partial charge in [-0.3, -0.25) is 0 Å². The molecule has 0 unspecified atom stereocenters. The molecule has 0 heterocycles. The fourth-order valence-electron chi connectivity index (χ4n) is 0.265. The van der Waals surface area contributed by atoms with E-state index in [0.717, 1.165) is 0 Å². The molecular formula is C5H9ClN2S. The van der Waals surface area contributed by atoms with Gasteiger partial charge in [0.1, 0.15) is 0 Å². The van der Waals surface area contributed by atoms with Crippen LogP contribution in [0.25, 0.3) is 0 Å². The Labute approximate surface area is 65.3 Å².